The molecule has 0 fully saturated rings. The number of hydrogen-bond acceptors (Lipinski definition) is 1. The summed E-state index contributed by atoms with van der Waals surface area (Å²) in [6.45, 7) is 2.42. The van der Waals surface area contributed by atoms with Gasteiger partial charge in [-0.25, -0.2) is 5.11 Å². The Morgan fingerprint density at radius 3 is 2.56 bits per heavy atom. The highest BCUT2D eigenvalue weighted by atomic mass is 16.3. The van der Waals surface area contributed by atoms with E-state index >= 15 is 0 Å². The predicted molar refractivity (Wildman–Crippen MR) is 37.7 cm³/mol. The SMILES string of the molecule is CCCCCC([O])CN. The van der Waals surface area contributed by atoms with Gasteiger partial charge in [-0.2, -0.15) is 0 Å². The topological polar surface area (TPSA) is 45.9 Å². The van der Waals surface area contributed by atoms with Crippen LogP contribution in [0, 0.1) is 0 Å². The molecule has 2 nitrogen and oxygen atoms in total. The van der Waals surface area contributed by atoms with Crippen molar-refractivity contribution in [2.75, 3.05) is 6.54 Å². The third-order valence-electron chi connectivity index (χ3n) is 1.39. The minimum atomic E-state index is -0.517. The second-order valence-corrected chi connectivity index (χ2v) is 2.35. The van der Waals surface area contributed by atoms with Gasteiger partial charge in [0, 0.05) is 6.54 Å². The van der Waals surface area contributed by atoms with Gasteiger partial charge in [0.2, 0.25) is 0 Å². The number of rotatable bonds is 5. The van der Waals surface area contributed by atoms with Crippen LogP contribution in [-0.2, 0) is 5.11 Å². The molecule has 0 bridgehead atoms. The Hall–Kier alpha value is -0.0800. The highest BCUT2D eigenvalue weighted by Gasteiger charge is 2.00. The first-order valence-electron chi connectivity index (χ1n) is 3.67. The highest BCUT2D eigenvalue weighted by Crippen LogP contribution is 2.01. The quantitative estimate of drug-likeness (QED) is 0.560. The van der Waals surface area contributed by atoms with Crippen molar-refractivity contribution in [2.45, 2.75) is 38.7 Å². The third kappa shape index (κ3) is 5.80. The van der Waals surface area contributed by atoms with E-state index in [0.717, 1.165) is 12.8 Å². The molecule has 0 aliphatic rings. The maximum Gasteiger partial charge on any atom is 0.105 e. The Morgan fingerprint density at radius 1 is 1.44 bits per heavy atom. The third-order valence-corrected chi connectivity index (χ3v) is 1.39. The van der Waals surface area contributed by atoms with Crippen molar-refractivity contribution in [3.05, 3.63) is 0 Å². The van der Waals surface area contributed by atoms with Crippen molar-refractivity contribution in [3.63, 3.8) is 0 Å². The van der Waals surface area contributed by atoms with Gasteiger partial charge in [0.15, 0.2) is 0 Å². The fourth-order valence-corrected chi connectivity index (χ4v) is 0.740. The first kappa shape index (κ1) is 8.92. The highest BCUT2D eigenvalue weighted by molar-refractivity contribution is 4.54. The van der Waals surface area contributed by atoms with E-state index < -0.39 is 6.10 Å². The van der Waals surface area contributed by atoms with E-state index in [4.69, 9.17) is 5.73 Å². The molecule has 0 amide bonds. The summed E-state index contributed by atoms with van der Waals surface area (Å²) in [6.07, 6.45) is 3.62. The number of nitrogens with two attached hydrogens (primary N) is 1. The Morgan fingerprint density at radius 2 is 2.11 bits per heavy atom. The second kappa shape index (κ2) is 6.05. The van der Waals surface area contributed by atoms with Crippen LogP contribution in [0.1, 0.15) is 32.6 Å². The maximum absolute atomic E-state index is 10.6. The molecule has 2 heteroatoms. The molecule has 0 aliphatic heterocycles. The fourth-order valence-electron chi connectivity index (χ4n) is 0.740. The lowest BCUT2D eigenvalue weighted by Crippen LogP contribution is -2.17. The van der Waals surface area contributed by atoms with E-state index in [1.807, 2.05) is 0 Å². The maximum atomic E-state index is 10.6. The Balaban J connectivity index is 2.88. The summed E-state index contributed by atoms with van der Waals surface area (Å²) in [4.78, 5) is 0. The molecule has 0 rings (SSSR count). The molecule has 0 aromatic rings. The second-order valence-electron chi connectivity index (χ2n) is 2.35. The van der Waals surface area contributed by atoms with E-state index in [1.54, 1.807) is 0 Å². The molecule has 0 aromatic heterocycles. The Bertz CT molecular complexity index is 56.9. The molecule has 1 unspecified atom stereocenters. The summed E-state index contributed by atoms with van der Waals surface area (Å²) in [5.41, 5.74) is 5.14. The number of hydrogen-bond donors (Lipinski definition) is 1. The van der Waals surface area contributed by atoms with Crippen LogP contribution in [0.4, 0.5) is 0 Å². The zero-order chi connectivity index (χ0) is 7.11. The van der Waals surface area contributed by atoms with Crippen LogP contribution in [-0.4, -0.2) is 12.6 Å². The summed E-state index contributed by atoms with van der Waals surface area (Å²) in [7, 11) is 0. The molecule has 9 heavy (non-hydrogen) atoms. The van der Waals surface area contributed by atoms with Crippen molar-refractivity contribution >= 4 is 0 Å². The first-order chi connectivity index (χ1) is 4.31. The van der Waals surface area contributed by atoms with Crippen molar-refractivity contribution in [1.29, 1.82) is 0 Å². The van der Waals surface area contributed by atoms with Crippen LogP contribution in [0.3, 0.4) is 0 Å². The van der Waals surface area contributed by atoms with E-state index in [9.17, 15) is 5.11 Å². The zero-order valence-electron chi connectivity index (χ0n) is 6.10. The lowest BCUT2D eigenvalue weighted by Gasteiger charge is -2.02. The predicted octanol–water partition coefficient (Wildman–Crippen LogP) is 1.32. The summed E-state index contributed by atoms with van der Waals surface area (Å²) >= 11 is 0. The van der Waals surface area contributed by atoms with Crippen molar-refractivity contribution in [2.24, 2.45) is 5.73 Å². The molecule has 0 saturated carbocycles. The number of unbranched alkanes of at least 4 members (excludes halogenated alkanes) is 2. The van der Waals surface area contributed by atoms with Gasteiger partial charge >= 0.3 is 0 Å². The lowest BCUT2D eigenvalue weighted by atomic mass is 10.1. The largest absolute Gasteiger partial charge is 0.328 e. The molecular weight excluding hydrogens is 114 g/mol. The van der Waals surface area contributed by atoms with Gasteiger partial charge < -0.3 is 5.73 Å². The molecule has 0 aliphatic carbocycles. The van der Waals surface area contributed by atoms with Crippen molar-refractivity contribution in [1.82, 2.24) is 0 Å². The van der Waals surface area contributed by atoms with Gasteiger partial charge in [0.05, 0.1) is 0 Å². The van der Waals surface area contributed by atoms with Gasteiger partial charge in [-0.3, -0.25) is 0 Å². The molecule has 0 spiro atoms. The van der Waals surface area contributed by atoms with E-state index in [1.165, 1.54) is 12.8 Å². The van der Waals surface area contributed by atoms with E-state index in [2.05, 4.69) is 6.92 Å². The minimum Gasteiger partial charge on any atom is -0.328 e. The summed E-state index contributed by atoms with van der Waals surface area (Å²) in [6, 6.07) is 0. The van der Waals surface area contributed by atoms with Gasteiger partial charge in [0.25, 0.3) is 0 Å². The zero-order valence-corrected chi connectivity index (χ0v) is 6.10. The van der Waals surface area contributed by atoms with Crippen LogP contribution in [0.25, 0.3) is 0 Å². The van der Waals surface area contributed by atoms with Gasteiger partial charge in [-0.05, 0) is 6.42 Å². The monoisotopic (exact) mass is 130 g/mol. The Kier molecular flexibility index (Phi) is 5.99. The Labute approximate surface area is 57.1 Å². The van der Waals surface area contributed by atoms with Crippen molar-refractivity contribution < 1.29 is 5.11 Å². The molecule has 1 radical (unpaired) electrons. The minimum absolute atomic E-state index is 0.295. The molecule has 0 heterocycles. The molecular formula is C7H16NO. The van der Waals surface area contributed by atoms with Crippen LogP contribution in [0.5, 0.6) is 0 Å². The van der Waals surface area contributed by atoms with E-state index in [-0.39, 0.29) is 0 Å². The normalized spacial score (nSPS) is 13.7. The average molecular weight is 130 g/mol. The summed E-state index contributed by atoms with van der Waals surface area (Å²) in [5.74, 6) is 0. The van der Waals surface area contributed by atoms with E-state index in [0.29, 0.717) is 6.54 Å². The van der Waals surface area contributed by atoms with Gasteiger partial charge in [-0.1, -0.05) is 26.2 Å². The van der Waals surface area contributed by atoms with Crippen LogP contribution >= 0.6 is 0 Å². The molecule has 2 N–H and O–H groups in total. The van der Waals surface area contributed by atoms with Crippen LogP contribution < -0.4 is 5.73 Å². The smallest absolute Gasteiger partial charge is 0.105 e. The van der Waals surface area contributed by atoms with Gasteiger partial charge in [-0.15, -0.1) is 0 Å². The standard InChI is InChI=1S/C7H16NO/c1-2-3-4-5-7(9)6-8/h7H,2-6,8H2,1H3. The molecule has 1 atom stereocenters. The lowest BCUT2D eigenvalue weighted by molar-refractivity contribution is 0.0861. The summed E-state index contributed by atoms with van der Waals surface area (Å²) < 4.78 is 0. The fraction of sp³-hybridized carbons (Fsp3) is 1.00. The van der Waals surface area contributed by atoms with Crippen molar-refractivity contribution in [3.8, 4) is 0 Å². The average Bonchev–Trinajstić information content (AvgIpc) is 1.89. The van der Waals surface area contributed by atoms with Gasteiger partial charge in [0.1, 0.15) is 6.10 Å². The first-order valence-corrected chi connectivity index (χ1v) is 3.67. The summed E-state index contributed by atoms with van der Waals surface area (Å²) in [5, 5.41) is 10.6. The molecule has 0 aromatic carbocycles. The molecule has 55 valence electrons. The van der Waals surface area contributed by atoms with Crippen LogP contribution in [0.2, 0.25) is 0 Å². The molecule has 0 saturated heterocycles. The van der Waals surface area contributed by atoms with Crippen LogP contribution in [0.15, 0.2) is 0 Å².